The fourth-order valence-corrected chi connectivity index (χ4v) is 1.92. The first-order valence-corrected chi connectivity index (χ1v) is 5.51. The molecule has 0 unspecified atom stereocenters. The number of aromatic amines is 1. The van der Waals surface area contributed by atoms with Crippen molar-refractivity contribution in [3.8, 4) is 11.5 Å². The molecule has 0 aliphatic heterocycles. The van der Waals surface area contributed by atoms with Gasteiger partial charge in [-0.1, -0.05) is 12.2 Å². The van der Waals surface area contributed by atoms with Crippen LogP contribution in [0.2, 0.25) is 0 Å². The lowest BCUT2D eigenvalue weighted by atomic mass is 10.2. The summed E-state index contributed by atoms with van der Waals surface area (Å²) in [5, 5.41) is 0.739. The van der Waals surface area contributed by atoms with E-state index in [1.165, 1.54) is 12.1 Å². The Kier molecular flexibility index (Phi) is 2.30. The molecule has 0 amide bonds. The quantitative estimate of drug-likeness (QED) is 0.648. The third kappa shape index (κ3) is 1.87. The van der Waals surface area contributed by atoms with Gasteiger partial charge >= 0.3 is 0 Å². The number of H-pyrrole nitrogens is 1. The Morgan fingerprint density at radius 1 is 1.12 bits per heavy atom. The molecule has 2 aromatic heterocycles. The Labute approximate surface area is 102 Å². The number of aromatic nitrogens is 1. The van der Waals surface area contributed by atoms with E-state index in [4.69, 9.17) is 16.6 Å². The lowest BCUT2D eigenvalue weighted by molar-refractivity contribution is 0.618. The summed E-state index contributed by atoms with van der Waals surface area (Å²) >= 11 is 5.08. The molecule has 0 aliphatic rings. The number of furan rings is 1. The van der Waals surface area contributed by atoms with Crippen molar-refractivity contribution in [3.05, 3.63) is 52.9 Å². The van der Waals surface area contributed by atoms with Crippen LogP contribution < -0.4 is 0 Å². The van der Waals surface area contributed by atoms with Crippen LogP contribution in [0.5, 0.6) is 0 Å². The van der Waals surface area contributed by atoms with Crippen LogP contribution in [-0.4, -0.2) is 4.98 Å². The van der Waals surface area contributed by atoms with Gasteiger partial charge in [0.2, 0.25) is 0 Å². The SMILES string of the molecule is Fc1ccc2oc(-c3cc(=S)cc[nH]3)cc2c1. The van der Waals surface area contributed by atoms with Crippen molar-refractivity contribution >= 4 is 23.2 Å². The van der Waals surface area contributed by atoms with E-state index < -0.39 is 0 Å². The molecule has 1 aromatic carbocycles. The minimum Gasteiger partial charge on any atom is -0.455 e. The highest BCUT2D eigenvalue weighted by molar-refractivity contribution is 7.71. The van der Waals surface area contributed by atoms with E-state index in [9.17, 15) is 4.39 Å². The molecule has 0 saturated carbocycles. The standard InChI is InChI=1S/C13H8FNOS/c14-9-1-2-12-8(5-9)6-13(16-12)11-7-10(17)3-4-15-11/h1-7H,(H,15,17). The summed E-state index contributed by atoms with van der Waals surface area (Å²) in [6.07, 6.45) is 1.76. The number of rotatable bonds is 1. The minimum atomic E-state index is -0.272. The van der Waals surface area contributed by atoms with E-state index >= 15 is 0 Å². The number of hydrogen-bond acceptors (Lipinski definition) is 2. The number of nitrogens with one attached hydrogen (secondary N) is 1. The van der Waals surface area contributed by atoms with E-state index in [1.54, 1.807) is 24.4 Å². The number of halogens is 1. The van der Waals surface area contributed by atoms with Crippen LogP contribution in [0.4, 0.5) is 4.39 Å². The van der Waals surface area contributed by atoms with Crippen molar-refractivity contribution < 1.29 is 8.81 Å². The molecule has 0 saturated heterocycles. The smallest absolute Gasteiger partial charge is 0.151 e. The maximum atomic E-state index is 13.0. The van der Waals surface area contributed by atoms with Gasteiger partial charge in [0.1, 0.15) is 11.4 Å². The van der Waals surface area contributed by atoms with E-state index in [0.29, 0.717) is 11.3 Å². The van der Waals surface area contributed by atoms with E-state index in [2.05, 4.69) is 4.98 Å². The largest absolute Gasteiger partial charge is 0.455 e. The molecule has 0 atom stereocenters. The summed E-state index contributed by atoms with van der Waals surface area (Å²) in [5.41, 5.74) is 1.44. The van der Waals surface area contributed by atoms with Crippen LogP contribution in [0, 0.1) is 10.3 Å². The second kappa shape index (κ2) is 3.82. The van der Waals surface area contributed by atoms with Crippen molar-refractivity contribution in [1.29, 1.82) is 0 Å². The summed E-state index contributed by atoms with van der Waals surface area (Å²) in [6, 6.07) is 9.83. The fraction of sp³-hybridized carbons (Fsp3) is 0. The monoisotopic (exact) mass is 245 g/mol. The molecule has 0 aliphatic carbocycles. The van der Waals surface area contributed by atoms with Crippen LogP contribution in [0.3, 0.4) is 0 Å². The number of benzene rings is 1. The van der Waals surface area contributed by atoms with Gasteiger partial charge in [-0.05, 0) is 36.4 Å². The molecule has 0 bridgehead atoms. The van der Waals surface area contributed by atoms with Gasteiger partial charge in [-0.25, -0.2) is 4.39 Å². The molecular weight excluding hydrogens is 237 g/mol. The molecule has 4 heteroatoms. The fourth-order valence-electron chi connectivity index (χ4n) is 1.73. The third-order valence-corrected chi connectivity index (χ3v) is 2.77. The lowest BCUT2D eigenvalue weighted by Crippen LogP contribution is -1.78. The molecule has 2 nitrogen and oxygen atoms in total. The summed E-state index contributed by atoms with van der Waals surface area (Å²) in [5.74, 6) is 0.378. The van der Waals surface area contributed by atoms with Crippen molar-refractivity contribution in [2.45, 2.75) is 0 Å². The van der Waals surface area contributed by atoms with Crippen molar-refractivity contribution in [2.75, 3.05) is 0 Å². The van der Waals surface area contributed by atoms with E-state index in [-0.39, 0.29) is 5.82 Å². The molecule has 3 aromatic rings. The average molecular weight is 245 g/mol. The molecule has 2 heterocycles. The number of fused-ring (bicyclic) bond motifs is 1. The lowest BCUT2D eigenvalue weighted by Gasteiger charge is -1.95. The molecule has 0 spiro atoms. The van der Waals surface area contributed by atoms with Crippen molar-refractivity contribution in [1.82, 2.24) is 4.98 Å². The van der Waals surface area contributed by atoms with Crippen LogP contribution in [-0.2, 0) is 0 Å². The van der Waals surface area contributed by atoms with Crippen molar-refractivity contribution in [2.24, 2.45) is 0 Å². The second-order valence-electron chi connectivity index (χ2n) is 3.73. The van der Waals surface area contributed by atoms with Gasteiger partial charge in [0.15, 0.2) is 5.76 Å². The topological polar surface area (TPSA) is 28.9 Å². The molecule has 17 heavy (non-hydrogen) atoms. The number of pyridine rings is 1. The summed E-state index contributed by atoms with van der Waals surface area (Å²) in [4.78, 5) is 3.05. The van der Waals surface area contributed by atoms with Crippen LogP contribution in [0.25, 0.3) is 22.4 Å². The number of hydrogen-bond donors (Lipinski definition) is 1. The Morgan fingerprint density at radius 2 is 2.00 bits per heavy atom. The molecule has 84 valence electrons. The highest BCUT2D eigenvalue weighted by Gasteiger charge is 2.06. The zero-order chi connectivity index (χ0) is 11.8. The molecule has 3 rings (SSSR count). The van der Waals surface area contributed by atoms with Crippen LogP contribution in [0.1, 0.15) is 0 Å². The predicted molar refractivity (Wildman–Crippen MR) is 66.8 cm³/mol. The van der Waals surface area contributed by atoms with Gasteiger partial charge in [0.05, 0.1) is 5.69 Å². The Hall–Kier alpha value is -1.94. The first-order chi connectivity index (χ1) is 8.22. The van der Waals surface area contributed by atoms with E-state index in [0.717, 1.165) is 15.6 Å². The first kappa shape index (κ1) is 10.2. The van der Waals surface area contributed by atoms with Crippen LogP contribution >= 0.6 is 12.2 Å². The van der Waals surface area contributed by atoms with Crippen LogP contribution in [0.15, 0.2) is 47.0 Å². The van der Waals surface area contributed by atoms with Gasteiger partial charge in [0.25, 0.3) is 0 Å². The highest BCUT2D eigenvalue weighted by atomic mass is 32.1. The van der Waals surface area contributed by atoms with Gasteiger partial charge in [-0.3, -0.25) is 0 Å². The van der Waals surface area contributed by atoms with Gasteiger partial charge in [-0.2, -0.15) is 0 Å². The highest BCUT2D eigenvalue weighted by Crippen LogP contribution is 2.26. The first-order valence-electron chi connectivity index (χ1n) is 5.10. The summed E-state index contributed by atoms with van der Waals surface area (Å²) < 4.78 is 19.4. The molecular formula is C13H8FNOS. The van der Waals surface area contributed by atoms with Gasteiger partial charge in [-0.15, -0.1) is 0 Å². The Bertz CT molecular complexity index is 744. The maximum absolute atomic E-state index is 13.0. The zero-order valence-electron chi connectivity index (χ0n) is 8.74. The molecule has 0 fully saturated rings. The molecule has 0 radical (unpaired) electrons. The second-order valence-corrected chi connectivity index (χ2v) is 4.20. The third-order valence-electron chi connectivity index (χ3n) is 2.52. The maximum Gasteiger partial charge on any atom is 0.151 e. The zero-order valence-corrected chi connectivity index (χ0v) is 9.55. The minimum absolute atomic E-state index is 0.272. The predicted octanol–water partition coefficient (Wildman–Crippen LogP) is 4.30. The van der Waals surface area contributed by atoms with E-state index in [1.807, 2.05) is 6.07 Å². The molecule has 1 N–H and O–H groups in total. The Balaban J connectivity index is 2.21. The summed E-state index contributed by atoms with van der Waals surface area (Å²) in [6.45, 7) is 0. The summed E-state index contributed by atoms with van der Waals surface area (Å²) in [7, 11) is 0. The normalized spacial score (nSPS) is 10.9. The van der Waals surface area contributed by atoms with Gasteiger partial charge in [0, 0.05) is 16.1 Å². The Morgan fingerprint density at radius 3 is 2.82 bits per heavy atom. The van der Waals surface area contributed by atoms with Gasteiger partial charge < -0.3 is 9.40 Å². The average Bonchev–Trinajstić information content (AvgIpc) is 2.72. The van der Waals surface area contributed by atoms with Crippen molar-refractivity contribution in [3.63, 3.8) is 0 Å².